The lowest BCUT2D eigenvalue weighted by Crippen LogP contribution is -2.60. The molecule has 0 spiro atoms. The zero-order valence-electron chi connectivity index (χ0n) is 20.0. The van der Waals surface area contributed by atoms with Crippen LogP contribution in [0.15, 0.2) is 42.5 Å². The Morgan fingerprint density at radius 2 is 1.70 bits per heavy atom. The quantitative estimate of drug-likeness (QED) is 0.180. The Balaban J connectivity index is 1.91. The molecule has 0 amide bonds. The molecule has 0 unspecified atom stereocenters. The van der Waals surface area contributed by atoms with Gasteiger partial charge in [-0.05, 0) is 35.4 Å². The summed E-state index contributed by atoms with van der Waals surface area (Å²) in [5, 5.41) is 79.7. The van der Waals surface area contributed by atoms with E-state index in [1.165, 1.54) is 43.5 Å². The van der Waals surface area contributed by atoms with Gasteiger partial charge in [0.05, 0.1) is 26.9 Å². The van der Waals surface area contributed by atoms with Crippen molar-refractivity contribution in [3.63, 3.8) is 0 Å². The van der Waals surface area contributed by atoms with Crippen LogP contribution in [0.3, 0.4) is 0 Å². The van der Waals surface area contributed by atoms with Crippen LogP contribution in [0.25, 0.3) is 6.08 Å². The van der Waals surface area contributed by atoms with E-state index in [4.69, 9.17) is 24.1 Å². The van der Waals surface area contributed by atoms with Crippen LogP contribution in [0, 0.1) is 0 Å². The molecule has 0 aromatic heterocycles. The molecular formula is C25H32O12. The van der Waals surface area contributed by atoms with Crippen LogP contribution < -0.4 is 14.2 Å². The molecule has 7 atom stereocenters. The molecular weight excluding hydrogens is 492 g/mol. The van der Waals surface area contributed by atoms with E-state index in [1.807, 2.05) is 0 Å². The van der Waals surface area contributed by atoms with E-state index in [-0.39, 0.29) is 35.2 Å². The van der Waals surface area contributed by atoms with Gasteiger partial charge in [0, 0.05) is 0 Å². The average molecular weight is 525 g/mol. The van der Waals surface area contributed by atoms with E-state index in [2.05, 4.69) is 0 Å². The third-order valence-electron chi connectivity index (χ3n) is 5.83. The van der Waals surface area contributed by atoms with Gasteiger partial charge in [-0.15, -0.1) is 0 Å². The summed E-state index contributed by atoms with van der Waals surface area (Å²) in [7, 11) is 1.35. The normalized spacial score (nSPS) is 25.6. The Morgan fingerprint density at radius 1 is 0.946 bits per heavy atom. The van der Waals surface area contributed by atoms with Gasteiger partial charge >= 0.3 is 0 Å². The first kappa shape index (κ1) is 28.6. The minimum absolute atomic E-state index is 0.0157. The van der Waals surface area contributed by atoms with Crippen LogP contribution in [0.5, 0.6) is 23.0 Å². The van der Waals surface area contributed by atoms with Crippen LogP contribution in [0.1, 0.15) is 17.2 Å². The average Bonchev–Trinajstić information content (AvgIpc) is 2.91. The van der Waals surface area contributed by atoms with Crippen LogP contribution >= 0.6 is 0 Å². The zero-order chi connectivity index (χ0) is 27.1. The second-order valence-corrected chi connectivity index (χ2v) is 8.32. The van der Waals surface area contributed by atoms with Crippen molar-refractivity contribution in [2.24, 2.45) is 0 Å². The summed E-state index contributed by atoms with van der Waals surface area (Å²) in [5.74, 6) is -0.0399. The van der Waals surface area contributed by atoms with Crippen LogP contribution in [-0.2, 0) is 4.74 Å². The summed E-state index contributed by atoms with van der Waals surface area (Å²) < 4.78 is 22.1. The maximum absolute atomic E-state index is 10.9. The molecule has 0 bridgehead atoms. The van der Waals surface area contributed by atoms with Crippen molar-refractivity contribution in [3.05, 3.63) is 53.6 Å². The molecule has 0 aliphatic carbocycles. The second kappa shape index (κ2) is 13.0. The minimum atomic E-state index is -1.69. The molecule has 2 aromatic carbocycles. The van der Waals surface area contributed by atoms with E-state index in [0.717, 1.165) is 0 Å². The minimum Gasteiger partial charge on any atom is -0.504 e. The van der Waals surface area contributed by atoms with Crippen LogP contribution in [-0.4, -0.2) is 105 Å². The molecule has 3 rings (SSSR count). The number of phenols is 1. The zero-order valence-corrected chi connectivity index (χ0v) is 20.0. The SMILES string of the molecule is COc1cc([C@H](O)[C@@H](CO)Oc2ccc(/C=C/CO)cc2O[C@@H]2O[C@H](CO)[C@@H](O)[C@H](O)[C@H]2O)ccc1O. The molecule has 0 radical (unpaired) electrons. The molecule has 1 heterocycles. The van der Waals surface area contributed by atoms with Crippen LogP contribution in [0.4, 0.5) is 0 Å². The van der Waals surface area contributed by atoms with Gasteiger partial charge in [-0.25, -0.2) is 0 Å². The number of aliphatic hydroxyl groups is 7. The maximum Gasteiger partial charge on any atom is 0.229 e. The lowest BCUT2D eigenvalue weighted by molar-refractivity contribution is -0.277. The smallest absolute Gasteiger partial charge is 0.229 e. The van der Waals surface area contributed by atoms with E-state index >= 15 is 0 Å². The van der Waals surface area contributed by atoms with Crippen molar-refractivity contribution in [2.45, 2.75) is 42.9 Å². The number of aromatic hydroxyl groups is 1. The third kappa shape index (κ3) is 6.69. The van der Waals surface area contributed by atoms with Gasteiger partial charge in [0.2, 0.25) is 6.29 Å². The number of aliphatic hydroxyl groups excluding tert-OH is 7. The second-order valence-electron chi connectivity index (χ2n) is 8.32. The molecule has 8 N–H and O–H groups in total. The highest BCUT2D eigenvalue weighted by molar-refractivity contribution is 5.56. The summed E-state index contributed by atoms with van der Waals surface area (Å²) >= 11 is 0. The Hall–Kier alpha value is -2.94. The van der Waals surface area contributed by atoms with Gasteiger partial charge in [0.15, 0.2) is 29.1 Å². The fraction of sp³-hybridized carbons (Fsp3) is 0.440. The number of rotatable bonds is 11. The van der Waals surface area contributed by atoms with Gasteiger partial charge < -0.3 is 59.8 Å². The largest absolute Gasteiger partial charge is 0.504 e. The molecule has 2 aromatic rings. The maximum atomic E-state index is 10.9. The molecule has 1 aliphatic rings. The first-order valence-corrected chi connectivity index (χ1v) is 11.4. The lowest BCUT2D eigenvalue weighted by Gasteiger charge is -2.39. The number of hydrogen-bond donors (Lipinski definition) is 8. The number of methoxy groups -OCH3 is 1. The topological polar surface area (TPSA) is 199 Å². The lowest BCUT2D eigenvalue weighted by atomic mass is 9.99. The highest BCUT2D eigenvalue weighted by atomic mass is 16.7. The van der Waals surface area contributed by atoms with Crippen molar-refractivity contribution in [1.82, 2.24) is 0 Å². The molecule has 1 fully saturated rings. The summed E-state index contributed by atoms with van der Waals surface area (Å²) in [6.07, 6.45) is -7.21. The molecule has 1 saturated heterocycles. The first-order valence-electron chi connectivity index (χ1n) is 11.4. The Bertz CT molecular complexity index is 1040. The van der Waals surface area contributed by atoms with Crippen molar-refractivity contribution < 1.29 is 59.8 Å². The van der Waals surface area contributed by atoms with Crippen LogP contribution in [0.2, 0.25) is 0 Å². The molecule has 1 aliphatic heterocycles. The molecule has 12 nitrogen and oxygen atoms in total. The van der Waals surface area contributed by atoms with Crippen molar-refractivity contribution in [1.29, 1.82) is 0 Å². The van der Waals surface area contributed by atoms with E-state index in [9.17, 15) is 35.7 Å². The Morgan fingerprint density at radius 3 is 2.35 bits per heavy atom. The van der Waals surface area contributed by atoms with Gasteiger partial charge in [0.25, 0.3) is 0 Å². The van der Waals surface area contributed by atoms with Crippen molar-refractivity contribution >= 4 is 6.08 Å². The molecule has 12 heteroatoms. The highest BCUT2D eigenvalue weighted by Gasteiger charge is 2.45. The summed E-state index contributed by atoms with van der Waals surface area (Å²) in [5.41, 5.74) is 0.831. The third-order valence-corrected chi connectivity index (χ3v) is 5.83. The molecule has 0 saturated carbocycles. The Labute approximate surface area is 212 Å². The number of phenolic OH excluding ortho intramolecular Hbond substituents is 1. The van der Waals surface area contributed by atoms with Gasteiger partial charge in [0.1, 0.15) is 30.5 Å². The Kier molecular flexibility index (Phi) is 10.1. The monoisotopic (exact) mass is 524 g/mol. The molecule has 204 valence electrons. The van der Waals surface area contributed by atoms with Crippen molar-refractivity contribution in [2.75, 3.05) is 26.9 Å². The van der Waals surface area contributed by atoms with E-state index < -0.39 is 56.1 Å². The fourth-order valence-electron chi connectivity index (χ4n) is 3.75. The summed E-state index contributed by atoms with van der Waals surface area (Å²) in [6.45, 7) is -1.51. The predicted molar refractivity (Wildman–Crippen MR) is 128 cm³/mol. The van der Waals surface area contributed by atoms with Gasteiger partial charge in [-0.2, -0.15) is 0 Å². The van der Waals surface area contributed by atoms with E-state index in [1.54, 1.807) is 12.1 Å². The van der Waals surface area contributed by atoms with Gasteiger partial charge in [-0.1, -0.05) is 24.3 Å². The fourth-order valence-corrected chi connectivity index (χ4v) is 3.75. The highest BCUT2D eigenvalue weighted by Crippen LogP contribution is 2.36. The number of ether oxygens (including phenoxy) is 4. The first-order chi connectivity index (χ1) is 17.7. The number of benzene rings is 2. The predicted octanol–water partition coefficient (Wildman–Crippen LogP) is -0.942. The summed E-state index contributed by atoms with van der Waals surface area (Å²) in [4.78, 5) is 0. The van der Waals surface area contributed by atoms with Gasteiger partial charge in [-0.3, -0.25) is 0 Å². The molecule has 37 heavy (non-hydrogen) atoms. The number of hydrogen-bond acceptors (Lipinski definition) is 12. The van der Waals surface area contributed by atoms with Crippen molar-refractivity contribution in [3.8, 4) is 23.0 Å². The van der Waals surface area contributed by atoms with E-state index in [0.29, 0.717) is 5.56 Å². The summed E-state index contributed by atoms with van der Waals surface area (Å²) in [6, 6.07) is 8.67. The standard InChI is InChI=1S/C25H32O12/c1-34-17-10-14(5-6-15(17)29)21(30)19(11-27)35-16-7-4-13(3-2-8-26)9-18(16)36-25-24(33)23(32)22(31)20(12-28)37-25/h2-7,9-10,19-33H,8,11-12H2,1H3/b3-2+/t19-,20-,21+,22-,23+,24-,25-/m1/s1.